The molecule has 0 radical (unpaired) electrons. The Balaban J connectivity index is 1.12. The van der Waals surface area contributed by atoms with Crippen molar-refractivity contribution < 1.29 is 9.30 Å². The Kier molecular flexibility index (Phi) is 8.77. The molecule has 2 aliphatic heterocycles. The number of aryl methyl sites for hydroxylation is 1. The highest BCUT2D eigenvalue weighted by Gasteiger charge is 2.41. The number of ether oxygens (including phenoxy) is 1. The molecule has 12 nitrogen and oxygen atoms in total. The molecule has 3 fully saturated rings. The predicted molar refractivity (Wildman–Crippen MR) is 203 cm³/mol. The minimum absolute atomic E-state index is 0.375. The molecule has 1 saturated carbocycles. The minimum atomic E-state index is -2.76. The van der Waals surface area contributed by atoms with Crippen molar-refractivity contribution in [2.45, 2.75) is 31.7 Å². The Morgan fingerprint density at radius 2 is 1.82 bits per heavy atom. The lowest BCUT2D eigenvalue weighted by atomic mass is 9.91. The third kappa shape index (κ3) is 6.58. The van der Waals surface area contributed by atoms with Gasteiger partial charge in [0.25, 0.3) is 0 Å². The molecular formula is C36H42BrN10O2P. The highest BCUT2D eigenvalue weighted by atomic mass is 79.9. The number of likely N-dealkylation sites (tertiary alicyclic amines) is 1. The molecule has 2 atom stereocenters. The van der Waals surface area contributed by atoms with E-state index in [9.17, 15) is 4.57 Å². The van der Waals surface area contributed by atoms with E-state index in [1.54, 1.807) is 39.0 Å². The van der Waals surface area contributed by atoms with Gasteiger partial charge < -0.3 is 24.8 Å². The number of aromatic nitrogens is 6. The lowest BCUT2D eigenvalue weighted by Crippen LogP contribution is -2.48. The van der Waals surface area contributed by atoms with Crippen LogP contribution in [-0.2, 0) is 11.6 Å². The maximum atomic E-state index is 13.5. The van der Waals surface area contributed by atoms with Crippen LogP contribution in [0.3, 0.4) is 0 Å². The Bertz CT molecular complexity index is 2110. The Hall–Kier alpha value is -4.06. The standard InChI is InChI=1S/C36H42BrN10O2P/c1-45-20-24(17-41-45)25-15-29(32(49-2)16-30(25)47-14-10-23-9-13-46(31(23)21-47)19-22-5-6-22)43-36-40-18-26(37)35(44-36)42-28-8-7-27-33(39-12-11-38-27)34(28)50(3,4)48/h7-8,11-12,15-18,20,22-23,31H,5-6,9-10,13-14,19,21H2,1-4H3,(H2,40,42,43,44)/t23-,31-/m0/s1. The van der Waals surface area contributed by atoms with Crippen LogP contribution in [0.2, 0.25) is 0 Å². The van der Waals surface area contributed by atoms with Gasteiger partial charge in [0.1, 0.15) is 24.2 Å². The van der Waals surface area contributed by atoms with Crippen LogP contribution in [0.15, 0.2) is 59.7 Å². The monoisotopic (exact) mass is 756 g/mol. The van der Waals surface area contributed by atoms with E-state index in [0.29, 0.717) is 50.1 Å². The Labute approximate surface area is 300 Å². The highest BCUT2D eigenvalue weighted by Crippen LogP contribution is 2.44. The lowest BCUT2D eigenvalue weighted by molar-refractivity contribution is 0.201. The van der Waals surface area contributed by atoms with Gasteiger partial charge in [0.05, 0.1) is 40.0 Å². The molecule has 260 valence electrons. The lowest BCUT2D eigenvalue weighted by Gasteiger charge is -2.40. The van der Waals surface area contributed by atoms with Gasteiger partial charge in [0.2, 0.25) is 5.95 Å². The van der Waals surface area contributed by atoms with Gasteiger partial charge in [-0.25, -0.2) is 4.98 Å². The van der Waals surface area contributed by atoms with Gasteiger partial charge in [-0.1, -0.05) is 0 Å². The zero-order chi connectivity index (χ0) is 34.6. The number of piperidine rings is 1. The number of methoxy groups -OCH3 is 1. The van der Waals surface area contributed by atoms with Crippen LogP contribution >= 0.6 is 23.1 Å². The highest BCUT2D eigenvalue weighted by molar-refractivity contribution is 9.10. The number of rotatable bonds is 10. The van der Waals surface area contributed by atoms with Crippen molar-refractivity contribution in [2.75, 3.05) is 62.2 Å². The zero-order valence-electron chi connectivity index (χ0n) is 28.8. The molecule has 1 aliphatic carbocycles. The first kappa shape index (κ1) is 33.1. The van der Waals surface area contributed by atoms with Crippen LogP contribution in [0.1, 0.15) is 25.7 Å². The summed E-state index contributed by atoms with van der Waals surface area (Å²) < 4.78 is 22.0. The van der Waals surface area contributed by atoms with Crippen molar-refractivity contribution >= 4 is 68.2 Å². The molecule has 8 rings (SSSR count). The number of fused-ring (bicyclic) bond motifs is 2. The quantitative estimate of drug-likeness (QED) is 0.149. The van der Waals surface area contributed by atoms with Crippen LogP contribution in [0.5, 0.6) is 5.75 Å². The molecule has 0 bridgehead atoms. The molecule has 0 unspecified atom stereocenters. The van der Waals surface area contributed by atoms with E-state index in [4.69, 9.17) is 9.72 Å². The van der Waals surface area contributed by atoms with Gasteiger partial charge in [0, 0.05) is 80.4 Å². The predicted octanol–water partition coefficient (Wildman–Crippen LogP) is 6.64. The smallest absolute Gasteiger partial charge is 0.229 e. The summed E-state index contributed by atoms with van der Waals surface area (Å²) >= 11 is 3.61. The zero-order valence-corrected chi connectivity index (χ0v) is 31.3. The van der Waals surface area contributed by atoms with Crippen molar-refractivity contribution in [3.63, 3.8) is 0 Å². The number of anilines is 5. The number of nitrogens with zero attached hydrogens (tertiary/aromatic N) is 8. The summed E-state index contributed by atoms with van der Waals surface area (Å²) in [5, 5.41) is 12.0. The van der Waals surface area contributed by atoms with Crippen LogP contribution in [-0.4, -0.2) is 87.3 Å². The summed E-state index contributed by atoms with van der Waals surface area (Å²) in [4.78, 5) is 23.7. The number of halogens is 1. The molecule has 5 heterocycles. The topological polar surface area (TPSA) is 126 Å². The molecule has 2 saturated heterocycles. The molecule has 14 heteroatoms. The van der Waals surface area contributed by atoms with Crippen molar-refractivity contribution in [3.05, 3.63) is 59.7 Å². The van der Waals surface area contributed by atoms with Crippen molar-refractivity contribution in [1.82, 2.24) is 34.6 Å². The van der Waals surface area contributed by atoms with Crippen molar-refractivity contribution in [3.8, 4) is 16.9 Å². The summed E-state index contributed by atoms with van der Waals surface area (Å²) in [6.07, 6.45) is 14.2. The van der Waals surface area contributed by atoms with Gasteiger partial charge in [-0.15, -0.1) is 0 Å². The SMILES string of the molecule is COc1cc(N2CC[C@@H]3CCN(CC4CC4)[C@H]3C2)c(-c2cnn(C)c2)cc1Nc1ncc(Br)c(Nc2ccc3nccnc3c2P(C)(C)=O)n1. The second-order valence-corrected chi connectivity index (χ2v) is 18.1. The fraction of sp³-hybridized carbons (Fsp3) is 0.417. The second-order valence-electron chi connectivity index (χ2n) is 14.1. The fourth-order valence-corrected chi connectivity index (χ4v) is 9.31. The van der Waals surface area contributed by atoms with E-state index in [1.807, 2.05) is 30.1 Å². The molecule has 0 amide bonds. The number of hydrogen-bond acceptors (Lipinski definition) is 11. The number of nitrogens with one attached hydrogen (secondary N) is 2. The minimum Gasteiger partial charge on any atom is -0.494 e. The average Bonchev–Trinajstić information content (AvgIpc) is 3.68. The van der Waals surface area contributed by atoms with Gasteiger partial charge in [0.15, 0.2) is 0 Å². The van der Waals surface area contributed by atoms with E-state index >= 15 is 0 Å². The molecule has 3 aliphatic rings. The second kappa shape index (κ2) is 13.2. The Morgan fingerprint density at radius 3 is 2.58 bits per heavy atom. The van der Waals surface area contributed by atoms with Crippen molar-refractivity contribution in [1.29, 1.82) is 0 Å². The molecule has 50 heavy (non-hydrogen) atoms. The third-order valence-electron chi connectivity index (χ3n) is 10.2. The van der Waals surface area contributed by atoms with E-state index in [1.165, 1.54) is 38.8 Å². The first-order valence-corrected chi connectivity index (χ1v) is 20.6. The maximum Gasteiger partial charge on any atom is 0.229 e. The van der Waals surface area contributed by atoms with Crippen LogP contribution < -0.4 is 25.6 Å². The number of benzene rings is 2. The molecule has 2 aromatic carbocycles. The molecule has 0 spiro atoms. The van der Waals surface area contributed by atoms with E-state index in [2.05, 4.69) is 74.7 Å². The third-order valence-corrected chi connectivity index (χ3v) is 12.3. The van der Waals surface area contributed by atoms with Crippen LogP contribution in [0.25, 0.3) is 22.2 Å². The summed E-state index contributed by atoms with van der Waals surface area (Å²) in [6, 6.07) is 8.59. The summed E-state index contributed by atoms with van der Waals surface area (Å²) in [6.45, 7) is 7.96. The van der Waals surface area contributed by atoms with Crippen LogP contribution in [0.4, 0.5) is 28.8 Å². The molecular weight excluding hydrogens is 715 g/mol. The first-order valence-electron chi connectivity index (χ1n) is 17.2. The van der Waals surface area contributed by atoms with Gasteiger partial charge in [-0.05, 0) is 91.5 Å². The maximum absolute atomic E-state index is 13.5. The average molecular weight is 758 g/mol. The normalized spacial score (nSPS) is 19.5. The largest absolute Gasteiger partial charge is 0.494 e. The Morgan fingerprint density at radius 1 is 1.00 bits per heavy atom. The summed E-state index contributed by atoms with van der Waals surface area (Å²) in [5.74, 6) is 3.25. The van der Waals surface area contributed by atoms with Crippen molar-refractivity contribution in [2.24, 2.45) is 18.9 Å². The molecule has 5 aromatic rings. The van der Waals surface area contributed by atoms with Gasteiger partial charge in [-0.2, -0.15) is 10.1 Å². The number of hydrogen-bond donors (Lipinski definition) is 2. The molecule has 2 N–H and O–H groups in total. The first-order chi connectivity index (χ1) is 24.1. The molecule has 3 aromatic heterocycles. The van der Waals surface area contributed by atoms with E-state index < -0.39 is 7.14 Å². The summed E-state index contributed by atoms with van der Waals surface area (Å²) in [7, 11) is 0.877. The van der Waals surface area contributed by atoms with E-state index in [0.717, 1.165) is 47.4 Å². The fourth-order valence-electron chi connectivity index (χ4n) is 7.63. The summed E-state index contributed by atoms with van der Waals surface area (Å²) in [5.41, 5.74) is 5.93. The van der Waals surface area contributed by atoms with Gasteiger partial charge in [-0.3, -0.25) is 19.5 Å². The van der Waals surface area contributed by atoms with Crippen LogP contribution in [0, 0.1) is 11.8 Å². The van der Waals surface area contributed by atoms with E-state index in [-0.39, 0.29) is 0 Å². The van der Waals surface area contributed by atoms with Gasteiger partial charge >= 0.3 is 0 Å².